The van der Waals surface area contributed by atoms with Crippen molar-refractivity contribution in [2.24, 2.45) is 40.2 Å². The van der Waals surface area contributed by atoms with Gasteiger partial charge in [0.1, 0.15) is 31.0 Å². The van der Waals surface area contributed by atoms with E-state index in [1.54, 1.807) is 52.0 Å². The van der Waals surface area contributed by atoms with E-state index in [1.165, 1.54) is 19.1 Å². The summed E-state index contributed by atoms with van der Waals surface area (Å²) in [5.74, 6) is 1.50. The largest absolute Gasteiger partial charge is 0.449 e. The molecule has 5 aliphatic rings. The number of halogens is 2. The minimum Gasteiger partial charge on any atom is -0.449 e. The van der Waals surface area contributed by atoms with Gasteiger partial charge in [-0.2, -0.15) is 0 Å². The number of nitrogens with one attached hydrogen (secondary N) is 4. The first-order valence-corrected chi connectivity index (χ1v) is 33.0. The molecule has 0 heterocycles. The summed E-state index contributed by atoms with van der Waals surface area (Å²) in [6.45, 7) is 10.0. The van der Waals surface area contributed by atoms with E-state index in [-0.39, 0.29) is 74.3 Å². The highest BCUT2D eigenvalue weighted by atomic mass is 32.2. The molecule has 84 heavy (non-hydrogen) atoms. The molecule has 466 valence electrons. The number of carbonyl (C=O) groups excluding carboxylic acids is 7. The Hall–Kier alpha value is -4.97. The van der Waals surface area contributed by atoms with Gasteiger partial charge in [-0.15, -0.1) is 5.92 Å². The van der Waals surface area contributed by atoms with Crippen molar-refractivity contribution in [3.8, 4) is 11.8 Å². The Balaban J connectivity index is 0.897. The minimum atomic E-state index is -3.92. The lowest BCUT2D eigenvalue weighted by atomic mass is 9.44. The van der Waals surface area contributed by atoms with Crippen molar-refractivity contribution in [3.63, 3.8) is 0 Å². The third kappa shape index (κ3) is 16.5. The number of benzene rings is 1. The molecular weight excluding hydrogens is 1120 g/mol. The molecule has 0 radical (unpaired) electrons. The van der Waals surface area contributed by atoms with E-state index in [2.05, 4.69) is 33.1 Å². The summed E-state index contributed by atoms with van der Waals surface area (Å²) in [5.41, 5.74) is -0.532. The molecule has 6 rings (SSSR count). The summed E-state index contributed by atoms with van der Waals surface area (Å²) in [4.78, 5) is 102. The molecule has 0 spiro atoms. The molecule has 5 aliphatic carbocycles. The second kappa shape index (κ2) is 30.6. The number of hydrogen-bond donors (Lipinski definition) is 7. The number of carbonyl (C=O) groups is 7. The van der Waals surface area contributed by atoms with Crippen molar-refractivity contribution in [2.45, 2.75) is 212 Å². The van der Waals surface area contributed by atoms with Gasteiger partial charge in [0.25, 0.3) is 0 Å². The fraction of sp³-hybridized carbons (Fsp3) is 0.694. The van der Waals surface area contributed by atoms with E-state index in [0.717, 1.165) is 88.5 Å². The monoisotopic (exact) mass is 1210 g/mol. The minimum absolute atomic E-state index is 0.00969. The predicted molar refractivity (Wildman–Crippen MR) is 317 cm³/mol. The maximum Gasteiger partial charge on any atom is 0.328 e. The van der Waals surface area contributed by atoms with Gasteiger partial charge >= 0.3 is 19.6 Å². The maximum absolute atomic E-state index is 17.8. The zero-order chi connectivity index (χ0) is 61.5. The molecular formula is C62H90F2N5O13PS. The van der Waals surface area contributed by atoms with Crippen molar-refractivity contribution in [3.05, 3.63) is 53.6 Å². The summed E-state index contributed by atoms with van der Waals surface area (Å²) < 4.78 is 64.3. The van der Waals surface area contributed by atoms with Crippen LogP contribution in [0.3, 0.4) is 0 Å². The predicted octanol–water partition coefficient (Wildman–Crippen LogP) is 9.39. The normalized spacial score (nSPS) is 29.4. The van der Waals surface area contributed by atoms with Crippen LogP contribution >= 0.6 is 19.4 Å². The molecule has 1 aromatic carbocycles. The van der Waals surface area contributed by atoms with Crippen LogP contribution in [0.4, 0.5) is 19.3 Å². The van der Waals surface area contributed by atoms with Crippen LogP contribution in [0.15, 0.2) is 48.1 Å². The summed E-state index contributed by atoms with van der Waals surface area (Å²) in [5, 5.41) is 22.3. The number of ketones is 1. The molecule has 13 atom stereocenters. The molecule has 0 saturated heterocycles. The molecule has 0 aromatic heterocycles. The Morgan fingerprint density at radius 2 is 1.62 bits per heavy atom. The number of primary amides is 1. The third-order valence-corrected chi connectivity index (χ3v) is 20.5. The van der Waals surface area contributed by atoms with E-state index in [1.807, 2.05) is 6.92 Å². The Kier molecular flexibility index (Phi) is 24.8. The topological polar surface area (TPSA) is 279 Å². The van der Waals surface area contributed by atoms with Gasteiger partial charge in [-0.3, -0.25) is 33.3 Å². The number of allylic oxidation sites excluding steroid dienone is 4. The second-order valence-corrected chi connectivity index (χ2v) is 27.4. The van der Waals surface area contributed by atoms with Crippen LogP contribution in [0.2, 0.25) is 0 Å². The second-order valence-electron chi connectivity index (χ2n) is 24.3. The van der Waals surface area contributed by atoms with Crippen LogP contribution in [0.5, 0.6) is 0 Å². The van der Waals surface area contributed by atoms with Crippen molar-refractivity contribution in [2.75, 3.05) is 30.4 Å². The van der Waals surface area contributed by atoms with Crippen molar-refractivity contribution < 1.29 is 70.9 Å². The zero-order valence-electron chi connectivity index (χ0n) is 49.8. The summed E-state index contributed by atoms with van der Waals surface area (Å²) in [6.07, 6.45) is 11.3. The fourth-order valence-corrected chi connectivity index (χ4v) is 15.8. The van der Waals surface area contributed by atoms with Crippen LogP contribution in [-0.2, 0) is 53.9 Å². The average Bonchev–Trinajstić information content (AvgIpc) is 1.32. The van der Waals surface area contributed by atoms with Gasteiger partial charge in [0.15, 0.2) is 17.1 Å². The Morgan fingerprint density at radius 1 is 0.929 bits per heavy atom. The molecule has 18 nitrogen and oxygen atoms in total. The number of nitrogens with two attached hydrogens (primary N) is 1. The smallest absolute Gasteiger partial charge is 0.328 e. The van der Waals surface area contributed by atoms with Crippen molar-refractivity contribution in [1.29, 1.82) is 0 Å². The van der Waals surface area contributed by atoms with Gasteiger partial charge in [-0.25, -0.2) is 13.6 Å². The van der Waals surface area contributed by atoms with Crippen LogP contribution in [0, 0.1) is 46.3 Å². The number of alkyl halides is 2. The number of amides is 5. The van der Waals surface area contributed by atoms with Gasteiger partial charge < -0.3 is 51.0 Å². The number of hydrogen-bond acceptors (Lipinski definition) is 13. The molecule has 0 bridgehead atoms. The van der Waals surface area contributed by atoms with Gasteiger partial charge in [0, 0.05) is 59.7 Å². The maximum atomic E-state index is 17.8. The molecule has 3 fully saturated rings. The number of esters is 1. The van der Waals surface area contributed by atoms with Gasteiger partial charge in [0.2, 0.25) is 22.8 Å². The van der Waals surface area contributed by atoms with E-state index in [9.17, 15) is 48.1 Å². The standard InChI is InChI=1S/C62H90F2N5O13PS/c1-7-53(73)82-62(41(4)34-46-47-36-49(63)48-35-44(70)29-30-59(48,5)61(47,64)51(71)37-60(46,62)6)57(76)84-33-20-16-11-9-8-10-15-19-32-83(78,79)81-38-42-25-27-43(28-26-42)67-55(74)50(24-21-31-66-58(65)77)68-56(75)54(40(2)3)69-52(72)39-80-45-22-17-13-12-14-18-23-45/h25-30,35,40-41,45-47,49-51,54,71H,7-17,19-22,24,31-34,36-39H2,1-6H3,(H,67,74)(H,68,75)(H,69,72)(H,78,79)(H3,65,66,77)/t41?,45?,46?,47?,49?,50?,51?,54-,59?,60?,61?,62?/m0/s1. The zero-order valence-corrected chi connectivity index (χ0v) is 51.5. The van der Waals surface area contributed by atoms with E-state index in [4.69, 9.17) is 19.7 Å². The molecule has 5 amide bonds. The van der Waals surface area contributed by atoms with Gasteiger partial charge in [-0.05, 0) is 118 Å². The first-order valence-electron chi connectivity index (χ1n) is 30.3. The van der Waals surface area contributed by atoms with Crippen LogP contribution < -0.4 is 27.0 Å². The number of aliphatic hydroxyl groups is 1. The summed E-state index contributed by atoms with van der Waals surface area (Å²) in [7, 11) is -3.92. The van der Waals surface area contributed by atoms with Crippen LogP contribution in [-0.4, -0.2) is 117 Å². The fourth-order valence-electron chi connectivity index (χ4n) is 13.4. The number of anilines is 1. The highest BCUT2D eigenvalue weighted by Gasteiger charge is 2.78. The van der Waals surface area contributed by atoms with E-state index in [0.29, 0.717) is 42.7 Å². The molecule has 8 N–H and O–H groups in total. The van der Waals surface area contributed by atoms with Crippen molar-refractivity contribution in [1.82, 2.24) is 16.0 Å². The number of unbranched alkanes of at least 4 members (excludes halogenated alkanes) is 7. The Bertz CT molecular complexity index is 2690. The summed E-state index contributed by atoms with van der Waals surface area (Å²) in [6, 6.07) is 3.72. The first kappa shape index (κ1) is 68.1. The first-order chi connectivity index (χ1) is 39.8. The van der Waals surface area contributed by atoms with Crippen LogP contribution in [0.1, 0.15) is 169 Å². The average molecular weight is 1210 g/mol. The molecule has 22 heteroatoms. The quantitative estimate of drug-likeness (QED) is 0.0164. The lowest BCUT2D eigenvalue weighted by molar-refractivity contribution is -0.228. The number of rotatable bonds is 30. The van der Waals surface area contributed by atoms with E-state index < -0.39 is 107 Å². The Morgan fingerprint density at radius 3 is 2.30 bits per heavy atom. The number of aliphatic hydroxyl groups excluding tert-OH is 1. The molecule has 3 saturated carbocycles. The highest BCUT2D eigenvalue weighted by Crippen LogP contribution is 2.72. The molecule has 1 aromatic rings. The van der Waals surface area contributed by atoms with Crippen LogP contribution in [0.25, 0.3) is 0 Å². The number of ether oxygens (including phenoxy) is 2. The Labute approximate surface area is 498 Å². The highest BCUT2D eigenvalue weighted by molar-refractivity contribution is 8.13. The molecule has 0 aliphatic heterocycles. The number of fused-ring (bicyclic) bond motifs is 5. The lowest BCUT2D eigenvalue weighted by Gasteiger charge is -2.63. The van der Waals surface area contributed by atoms with E-state index >= 15 is 8.78 Å². The van der Waals surface area contributed by atoms with Gasteiger partial charge in [-0.1, -0.05) is 115 Å². The number of urea groups is 1. The van der Waals surface area contributed by atoms with Gasteiger partial charge in [0.05, 0.1) is 12.7 Å². The SMILES string of the molecule is CCC(=O)OC1(C(=O)SCCCCCCCCCCP(=O)(O)OCc2ccc(NC(=O)C(CCCNC(N)=O)NC(=O)[C@@H](NC(=O)COC3C#CCCCCC3)C(C)C)cc2)C(C)CC2C3CC(F)C4=CC(=O)C=CC4(C)C3(F)C(O)CC21C. The lowest BCUT2D eigenvalue weighted by Crippen LogP contribution is -2.70. The molecule has 12 unspecified atom stereocenters. The third-order valence-electron chi connectivity index (χ3n) is 18.1. The summed E-state index contributed by atoms with van der Waals surface area (Å²) >= 11 is 1.09. The number of thioether (sulfide) groups is 1. The van der Waals surface area contributed by atoms with Crippen molar-refractivity contribution >= 4 is 65.7 Å².